The lowest BCUT2D eigenvalue weighted by Crippen LogP contribution is -2.26. The SMILES string of the molecule is Cc1ccc(-c2ccccc2CN2C[C@@H]3C(C(=O)O)[C@@H]3C2)o1. The molecule has 4 nitrogen and oxygen atoms in total. The molecule has 4 heteroatoms. The standard InChI is InChI=1S/C18H19NO3/c1-11-6-7-16(22-11)13-5-3-2-4-12(13)8-19-9-14-15(10-19)17(14)18(20)21/h2-7,14-15,17H,8-10H2,1H3,(H,20,21)/t14-,15+,17?. The maximum absolute atomic E-state index is 11.1. The van der Waals surface area contributed by atoms with Crippen LogP contribution in [0.2, 0.25) is 0 Å². The first-order chi connectivity index (χ1) is 10.6. The monoisotopic (exact) mass is 297 g/mol. The summed E-state index contributed by atoms with van der Waals surface area (Å²) < 4.78 is 5.76. The first kappa shape index (κ1) is 13.6. The molecular weight excluding hydrogens is 278 g/mol. The molecule has 2 aliphatic rings. The molecular formula is C18H19NO3. The quantitative estimate of drug-likeness (QED) is 0.942. The van der Waals surface area contributed by atoms with E-state index in [0.717, 1.165) is 36.7 Å². The number of furan rings is 1. The van der Waals surface area contributed by atoms with Gasteiger partial charge in [-0.3, -0.25) is 9.69 Å². The van der Waals surface area contributed by atoms with Gasteiger partial charge in [0.15, 0.2) is 0 Å². The number of carboxylic acids is 1. The van der Waals surface area contributed by atoms with E-state index in [1.54, 1.807) is 0 Å². The van der Waals surface area contributed by atoms with E-state index < -0.39 is 5.97 Å². The number of benzene rings is 1. The van der Waals surface area contributed by atoms with Crippen molar-refractivity contribution in [3.05, 3.63) is 47.7 Å². The van der Waals surface area contributed by atoms with E-state index in [-0.39, 0.29) is 5.92 Å². The molecule has 1 saturated carbocycles. The summed E-state index contributed by atoms with van der Waals surface area (Å²) in [5.41, 5.74) is 2.37. The van der Waals surface area contributed by atoms with Crippen molar-refractivity contribution in [3.8, 4) is 11.3 Å². The second kappa shape index (κ2) is 4.99. The topological polar surface area (TPSA) is 53.7 Å². The van der Waals surface area contributed by atoms with E-state index >= 15 is 0 Å². The Kier molecular flexibility index (Phi) is 3.08. The Morgan fingerprint density at radius 2 is 1.95 bits per heavy atom. The van der Waals surface area contributed by atoms with Crippen LogP contribution in [0, 0.1) is 24.7 Å². The van der Waals surface area contributed by atoms with Crippen LogP contribution in [0.15, 0.2) is 40.8 Å². The van der Waals surface area contributed by atoms with Gasteiger partial charge in [-0.15, -0.1) is 0 Å². The highest BCUT2D eigenvalue weighted by atomic mass is 16.4. The van der Waals surface area contributed by atoms with E-state index in [1.807, 2.05) is 31.2 Å². The predicted octanol–water partition coefficient (Wildman–Crippen LogP) is 3.02. The highest BCUT2D eigenvalue weighted by Gasteiger charge is 2.59. The Bertz CT molecular complexity index is 709. The lowest BCUT2D eigenvalue weighted by Gasteiger charge is -2.20. The second-order valence-corrected chi connectivity index (χ2v) is 6.45. The number of hydrogen-bond acceptors (Lipinski definition) is 3. The zero-order valence-corrected chi connectivity index (χ0v) is 12.5. The average molecular weight is 297 g/mol. The number of likely N-dealkylation sites (tertiary alicyclic amines) is 1. The molecule has 2 fully saturated rings. The van der Waals surface area contributed by atoms with Crippen LogP contribution in [0.5, 0.6) is 0 Å². The molecule has 114 valence electrons. The van der Waals surface area contributed by atoms with Crippen molar-refractivity contribution in [2.75, 3.05) is 13.1 Å². The van der Waals surface area contributed by atoms with Crippen LogP contribution in [-0.4, -0.2) is 29.1 Å². The lowest BCUT2D eigenvalue weighted by molar-refractivity contribution is -0.139. The minimum Gasteiger partial charge on any atom is -0.481 e. The van der Waals surface area contributed by atoms with Crippen LogP contribution in [0.25, 0.3) is 11.3 Å². The Morgan fingerprint density at radius 3 is 2.59 bits per heavy atom. The van der Waals surface area contributed by atoms with Gasteiger partial charge in [-0.25, -0.2) is 0 Å². The molecule has 1 aliphatic heterocycles. The molecule has 1 aliphatic carbocycles. The number of aliphatic carboxylic acids is 1. The third-order valence-corrected chi connectivity index (χ3v) is 4.97. The molecule has 1 N–H and O–H groups in total. The van der Waals surface area contributed by atoms with Crippen LogP contribution >= 0.6 is 0 Å². The summed E-state index contributed by atoms with van der Waals surface area (Å²) in [6.45, 7) is 4.60. The maximum Gasteiger partial charge on any atom is 0.307 e. The minimum atomic E-state index is -0.624. The summed E-state index contributed by atoms with van der Waals surface area (Å²) in [5.74, 6) is 1.81. The van der Waals surface area contributed by atoms with Crippen molar-refractivity contribution in [1.82, 2.24) is 4.90 Å². The first-order valence-corrected chi connectivity index (χ1v) is 7.73. The molecule has 3 atom stereocenters. The van der Waals surface area contributed by atoms with Gasteiger partial charge in [0.2, 0.25) is 0 Å². The highest BCUT2D eigenvalue weighted by molar-refractivity contribution is 5.74. The third kappa shape index (κ3) is 2.24. The molecule has 1 saturated heterocycles. The van der Waals surface area contributed by atoms with Crippen LogP contribution in [0.1, 0.15) is 11.3 Å². The molecule has 1 unspecified atom stereocenters. The van der Waals surface area contributed by atoms with Gasteiger partial charge in [-0.2, -0.15) is 0 Å². The molecule has 1 aromatic heterocycles. The number of hydrogen-bond donors (Lipinski definition) is 1. The minimum absolute atomic E-state index is 0.0979. The number of carboxylic acid groups (broad SMARTS) is 1. The van der Waals surface area contributed by atoms with E-state index in [0.29, 0.717) is 11.8 Å². The van der Waals surface area contributed by atoms with Crippen LogP contribution < -0.4 is 0 Å². The van der Waals surface area contributed by atoms with Crippen molar-refractivity contribution in [1.29, 1.82) is 0 Å². The van der Waals surface area contributed by atoms with Crippen LogP contribution in [-0.2, 0) is 11.3 Å². The zero-order chi connectivity index (χ0) is 15.3. The molecule has 1 aromatic carbocycles. The van der Waals surface area contributed by atoms with Gasteiger partial charge in [0.05, 0.1) is 5.92 Å². The van der Waals surface area contributed by atoms with Gasteiger partial charge in [0.1, 0.15) is 11.5 Å². The van der Waals surface area contributed by atoms with Gasteiger partial charge in [0, 0.05) is 25.2 Å². The van der Waals surface area contributed by atoms with Gasteiger partial charge in [-0.05, 0) is 36.5 Å². The van der Waals surface area contributed by atoms with Gasteiger partial charge < -0.3 is 9.52 Å². The second-order valence-electron chi connectivity index (χ2n) is 6.45. The summed E-state index contributed by atoms with van der Waals surface area (Å²) in [4.78, 5) is 13.4. The smallest absolute Gasteiger partial charge is 0.307 e. The van der Waals surface area contributed by atoms with Crippen LogP contribution in [0.4, 0.5) is 0 Å². The van der Waals surface area contributed by atoms with E-state index in [9.17, 15) is 4.79 Å². The molecule has 4 rings (SSSR count). The molecule has 2 heterocycles. The fraction of sp³-hybridized carbons (Fsp3) is 0.389. The van der Waals surface area contributed by atoms with Crippen molar-refractivity contribution in [3.63, 3.8) is 0 Å². The van der Waals surface area contributed by atoms with Crippen molar-refractivity contribution >= 4 is 5.97 Å². The summed E-state index contributed by atoms with van der Waals surface area (Å²) in [7, 11) is 0. The van der Waals surface area contributed by atoms with Gasteiger partial charge in [-0.1, -0.05) is 24.3 Å². The van der Waals surface area contributed by atoms with Gasteiger partial charge >= 0.3 is 5.97 Å². The molecule has 0 amide bonds. The van der Waals surface area contributed by atoms with Crippen molar-refractivity contribution in [2.24, 2.45) is 17.8 Å². The molecule has 0 radical (unpaired) electrons. The normalized spacial score (nSPS) is 26.9. The van der Waals surface area contributed by atoms with E-state index in [2.05, 4.69) is 17.0 Å². The largest absolute Gasteiger partial charge is 0.481 e. The fourth-order valence-electron chi connectivity index (χ4n) is 3.83. The summed E-state index contributed by atoms with van der Waals surface area (Å²) >= 11 is 0. The average Bonchev–Trinajstić information content (AvgIpc) is 2.83. The first-order valence-electron chi connectivity index (χ1n) is 7.73. The van der Waals surface area contributed by atoms with E-state index in [1.165, 1.54) is 5.56 Å². The predicted molar refractivity (Wildman–Crippen MR) is 82.3 cm³/mol. The third-order valence-electron chi connectivity index (χ3n) is 4.97. The summed E-state index contributed by atoms with van der Waals surface area (Å²) in [5, 5.41) is 9.10. The highest BCUT2D eigenvalue weighted by Crippen LogP contribution is 2.52. The molecule has 2 aromatic rings. The Balaban J connectivity index is 1.50. The zero-order valence-electron chi connectivity index (χ0n) is 12.5. The number of aryl methyl sites for hydroxylation is 1. The van der Waals surface area contributed by atoms with E-state index in [4.69, 9.17) is 9.52 Å². The maximum atomic E-state index is 11.1. The Morgan fingerprint density at radius 1 is 1.23 bits per heavy atom. The summed E-state index contributed by atoms with van der Waals surface area (Å²) in [6.07, 6.45) is 0. The Hall–Kier alpha value is -2.07. The molecule has 0 bridgehead atoms. The Labute approximate surface area is 129 Å². The fourth-order valence-corrected chi connectivity index (χ4v) is 3.83. The van der Waals surface area contributed by atoms with Crippen molar-refractivity contribution in [2.45, 2.75) is 13.5 Å². The molecule has 0 spiro atoms. The summed E-state index contributed by atoms with van der Waals surface area (Å²) in [6, 6.07) is 12.3. The van der Waals surface area contributed by atoms with Crippen LogP contribution in [0.3, 0.4) is 0 Å². The number of carbonyl (C=O) groups is 1. The van der Waals surface area contributed by atoms with Gasteiger partial charge in [0.25, 0.3) is 0 Å². The number of fused-ring (bicyclic) bond motifs is 1. The lowest BCUT2D eigenvalue weighted by atomic mass is 10.0. The number of nitrogens with zero attached hydrogens (tertiary/aromatic N) is 1. The van der Waals surface area contributed by atoms with Crippen molar-refractivity contribution < 1.29 is 14.3 Å². The molecule has 22 heavy (non-hydrogen) atoms. The number of piperidine rings is 1. The number of rotatable bonds is 4.